The number of hydrogen-bond donors (Lipinski definition) is 2. The molecule has 0 aliphatic heterocycles. The van der Waals surface area contributed by atoms with Gasteiger partial charge in [0, 0.05) is 6.04 Å². The van der Waals surface area contributed by atoms with E-state index in [4.69, 9.17) is 23.2 Å². The minimum Gasteiger partial charge on any atom is -0.322 e. The normalized spacial score (nSPS) is 16.3. The highest BCUT2D eigenvalue weighted by Crippen LogP contribution is 2.41. The van der Waals surface area contributed by atoms with Crippen molar-refractivity contribution in [2.75, 3.05) is 5.32 Å². The molecule has 2 N–H and O–H groups in total. The maximum absolute atomic E-state index is 12.6. The van der Waals surface area contributed by atoms with E-state index in [1.807, 2.05) is 6.92 Å². The van der Waals surface area contributed by atoms with Crippen molar-refractivity contribution in [3.63, 3.8) is 0 Å². The third kappa shape index (κ3) is 4.55. The van der Waals surface area contributed by atoms with Gasteiger partial charge in [-0.15, -0.1) is 0 Å². The molecule has 5 heteroatoms. The Morgan fingerprint density at radius 1 is 1.08 bits per heavy atom. The Morgan fingerprint density at radius 2 is 1.68 bits per heavy atom. The van der Waals surface area contributed by atoms with Crippen molar-refractivity contribution in [1.29, 1.82) is 0 Å². The first-order valence-corrected chi connectivity index (χ1v) is 9.29. The number of anilines is 1. The zero-order valence-corrected chi connectivity index (χ0v) is 15.9. The number of nitrogens with one attached hydrogen (secondary N) is 2. The Kier molecular flexibility index (Phi) is 5.67. The van der Waals surface area contributed by atoms with E-state index >= 15 is 0 Å². The second-order valence-corrected chi connectivity index (χ2v) is 7.51. The maximum Gasteiger partial charge on any atom is 0.241 e. The van der Waals surface area contributed by atoms with Crippen molar-refractivity contribution < 1.29 is 4.79 Å². The average Bonchev–Trinajstić information content (AvgIpc) is 3.41. The lowest BCUT2D eigenvalue weighted by Gasteiger charge is -2.24. The molecule has 0 bridgehead atoms. The van der Waals surface area contributed by atoms with Gasteiger partial charge in [-0.25, -0.2) is 0 Å². The monoisotopic (exact) mass is 376 g/mol. The number of halogens is 2. The van der Waals surface area contributed by atoms with Crippen LogP contribution in [0.25, 0.3) is 0 Å². The summed E-state index contributed by atoms with van der Waals surface area (Å²) in [4.78, 5) is 12.6. The van der Waals surface area contributed by atoms with E-state index in [-0.39, 0.29) is 18.0 Å². The minimum absolute atomic E-state index is 0.146. The maximum atomic E-state index is 12.6. The van der Waals surface area contributed by atoms with Crippen LogP contribution in [0.3, 0.4) is 0 Å². The summed E-state index contributed by atoms with van der Waals surface area (Å²) >= 11 is 12.3. The fourth-order valence-corrected chi connectivity index (χ4v) is 3.39. The molecular formula is C20H22Cl2N2O. The summed E-state index contributed by atoms with van der Waals surface area (Å²) in [6.07, 6.45) is 2.38. The molecule has 1 fully saturated rings. The molecule has 132 valence electrons. The van der Waals surface area contributed by atoms with Gasteiger partial charge in [0.2, 0.25) is 5.91 Å². The zero-order chi connectivity index (χ0) is 18.0. The van der Waals surface area contributed by atoms with E-state index in [2.05, 4.69) is 41.8 Å². The van der Waals surface area contributed by atoms with Gasteiger partial charge in [-0.05, 0) is 50.3 Å². The summed E-state index contributed by atoms with van der Waals surface area (Å²) in [7, 11) is 0. The largest absolute Gasteiger partial charge is 0.322 e. The quantitative estimate of drug-likeness (QED) is 0.711. The van der Waals surface area contributed by atoms with Crippen molar-refractivity contribution in [2.45, 2.75) is 38.8 Å². The Hall–Kier alpha value is -1.55. The van der Waals surface area contributed by atoms with Gasteiger partial charge < -0.3 is 5.32 Å². The first kappa shape index (κ1) is 18.2. The van der Waals surface area contributed by atoms with Gasteiger partial charge in [0.15, 0.2) is 0 Å². The number of carbonyl (C=O) groups is 1. The highest BCUT2D eigenvalue weighted by Gasteiger charge is 2.34. The standard InChI is InChI=1S/C20H22Cl2N2O/c1-12-6-8-14(9-7-12)18(15-10-11-15)23-13(2)20(25)24-19-16(21)4-3-5-17(19)22/h3-9,13,15,18,23H,10-11H2,1-2H3,(H,24,25)/t13-,18-/m0/s1. The Balaban J connectivity index is 1.70. The van der Waals surface area contributed by atoms with Crippen molar-refractivity contribution in [3.05, 3.63) is 63.6 Å². The summed E-state index contributed by atoms with van der Waals surface area (Å²) in [6.45, 7) is 3.94. The van der Waals surface area contributed by atoms with Gasteiger partial charge in [0.05, 0.1) is 21.8 Å². The fourth-order valence-electron chi connectivity index (χ4n) is 2.90. The van der Waals surface area contributed by atoms with Crippen LogP contribution < -0.4 is 10.6 Å². The smallest absolute Gasteiger partial charge is 0.241 e. The first-order valence-electron chi connectivity index (χ1n) is 8.53. The number of benzene rings is 2. The predicted molar refractivity (Wildman–Crippen MR) is 104 cm³/mol. The van der Waals surface area contributed by atoms with Crippen LogP contribution >= 0.6 is 23.2 Å². The van der Waals surface area contributed by atoms with Gasteiger partial charge in [0.1, 0.15) is 0 Å². The summed E-state index contributed by atoms with van der Waals surface area (Å²) in [6, 6.07) is 13.5. The highest BCUT2D eigenvalue weighted by molar-refractivity contribution is 6.39. The third-order valence-corrected chi connectivity index (χ3v) is 5.19. The van der Waals surface area contributed by atoms with Crippen LogP contribution in [0, 0.1) is 12.8 Å². The van der Waals surface area contributed by atoms with E-state index in [1.165, 1.54) is 24.0 Å². The first-order chi connectivity index (χ1) is 12.0. The van der Waals surface area contributed by atoms with Crippen LogP contribution in [-0.2, 0) is 4.79 Å². The van der Waals surface area contributed by atoms with Gasteiger partial charge in [-0.3, -0.25) is 10.1 Å². The van der Waals surface area contributed by atoms with E-state index in [1.54, 1.807) is 18.2 Å². The zero-order valence-electron chi connectivity index (χ0n) is 14.4. The topological polar surface area (TPSA) is 41.1 Å². The van der Waals surface area contributed by atoms with Crippen LogP contribution in [0.2, 0.25) is 10.0 Å². The van der Waals surface area contributed by atoms with E-state index in [0.29, 0.717) is 21.7 Å². The summed E-state index contributed by atoms with van der Waals surface area (Å²) in [5, 5.41) is 7.18. The fraction of sp³-hybridized carbons (Fsp3) is 0.350. The molecule has 2 aromatic carbocycles. The molecule has 0 spiro atoms. The van der Waals surface area contributed by atoms with E-state index in [0.717, 1.165) is 0 Å². The van der Waals surface area contributed by atoms with E-state index in [9.17, 15) is 4.79 Å². The SMILES string of the molecule is Cc1ccc([C@H](N[C@@H](C)C(=O)Nc2c(Cl)cccc2Cl)C2CC2)cc1. The lowest BCUT2D eigenvalue weighted by atomic mass is 10.00. The second kappa shape index (κ2) is 7.77. The van der Waals surface area contributed by atoms with Crippen LogP contribution in [0.1, 0.15) is 36.9 Å². The molecule has 1 aliphatic rings. The number of carbonyl (C=O) groups excluding carboxylic acids is 1. The van der Waals surface area contributed by atoms with Crippen LogP contribution in [0.5, 0.6) is 0 Å². The van der Waals surface area contributed by atoms with Gasteiger partial charge in [0.25, 0.3) is 0 Å². The Labute approximate surface area is 158 Å². The summed E-state index contributed by atoms with van der Waals surface area (Å²) in [5.41, 5.74) is 2.92. The lowest BCUT2D eigenvalue weighted by molar-refractivity contribution is -0.118. The number of para-hydroxylation sites is 1. The molecule has 3 rings (SSSR count). The predicted octanol–water partition coefficient (Wildman–Crippen LogP) is 5.37. The van der Waals surface area contributed by atoms with Crippen LogP contribution in [0.15, 0.2) is 42.5 Å². The molecule has 25 heavy (non-hydrogen) atoms. The second-order valence-electron chi connectivity index (χ2n) is 6.70. The number of aryl methyl sites for hydroxylation is 1. The van der Waals surface area contributed by atoms with E-state index < -0.39 is 0 Å². The molecular weight excluding hydrogens is 355 g/mol. The van der Waals surface area contributed by atoms with Crippen molar-refractivity contribution in [3.8, 4) is 0 Å². The molecule has 3 nitrogen and oxygen atoms in total. The number of hydrogen-bond acceptors (Lipinski definition) is 2. The van der Waals surface area contributed by atoms with Gasteiger partial charge in [-0.1, -0.05) is 59.1 Å². The molecule has 1 amide bonds. The number of amides is 1. The van der Waals surface area contributed by atoms with Crippen LogP contribution in [0.4, 0.5) is 5.69 Å². The number of rotatable bonds is 6. The average molecular weight is 377 g/mol. The van der Waals surface area contributed by atoms with Crippen molar-refractivity contribution in [1.82, 2.24) is 5.32 Å². The molecule has 1 aliphatic carbocycles. The van der Waals surface area contributed by atoms with Crippen LogP contribution in [-0.4, -0.2) is 11.9 Å². The van der Waals surface area contributed by atoms with Crippen molar-refractivity contribution >= 4 is 34.8 Å². The Morgan fingerprint density at radius 3 is 2.24 bits per heavy atom. The molecule has 0 radical (unpaired) electrons. The Bertz CT molecular complexity index is 737. The molecule has 0 aromatic heterocycles. The third-order valence-electron chi connectivity index (χ3n) is 4.56. The van der Waals surface area contributed by atoms with Gasteiger partial charge in [-0.2, -0.15) is 0 Å². The molecule has 2 atom stereocenters. The molecule has 0 saturated heterocycles. The molecule has 2 aromatic rings. The highest BCUT2D eigenvalue weighted by atomic mass is 35.5. The molecule has 1 saturated carbocycles. The lowest BCUT2D eigenvalue weighted by Crippen LogP contribution is -2.41. The molecule has 0 heterocycles. The van der Waals surface area contributed by atoms with Crippen molar-refractivity contribution in [2.24, 2.45) is 5.92 Å². The van der Waals surface area contributed by atoms with Gasteiger partial charge >= 0.3 is 0 Å². The minimum atomic E-state index is -0.362. The summed E-state index contributed by atoms with van der Waals surface area (Å²) in [5.74, 6) is 0.439. The summed E-state index contributed by atoms with van der Waals surface area (Å²) < 4.78 is 0. The molecule has 0 unspecified atom stereocenters.